The lowest BCUT2D eigenvalue weighted by Gasteiger charge is -2.42. The molecular formula is C17H26N4OS. The van der Waals surface area contributed by atoms with Gasteiger partial charge in [0.15, 0.2) is 0 Å². The molecule has 0 spiro atoms. The minimum Gasteiger partial charge on any atom is -0.396 e. The molecule has 2 aromatic rings. The van der Waals surface area contributed by atoms with E-state index in [-0.39, 0.29) is 6.61 Å². The van der Waals surface area contributed by atoms with Crippen LogP contribution in [-0.2, 0) is 6.54 Å². The van der Waals surface area contributed by atoms with E-state index in [1.165, 1.54) is 17.3 Å². The SMILES string of the molecule is CC(C)CN1CCN(Cc2ccc3nsnc3c2)C[C@@H]1CCO. The first-order valence-electron chi connectivity index (χ1n) is 8.44. The van der Waals surface area contributed by atoms with Gasteiger partial charge in [-0.25, -0.2) is 0 Å². The number of aliphatic hydroxyl groups excluding tert-OH is 1. The normalized spacial score (nSPS) is 20.6. The summed E-state index contributed by atoms with van der Waals surface area (Å²) in [6.07, 6.45) is 0.859. The maximum absolute atomic E-state index is 9.38. The maximum Gasteiger partial charge on any atom is 0.105 e. The van der Waals surface area contributed by atoms with Crippen LogP contribution in [-0.4, -0.2) is 62.5 Å². The van der Waals surface area contributed by atoms with Gasteiger partial charge in [0.05, 0.1) is 11.7 Å². The monoisotopic (exact) mass is 334 g/mol. The second kappa shape index (κ2) is 7.66. The number of fused-ring (bicyclic) bond motifs is 1. The van der Waals surface area contributed by atoms with Crippen molar-refractivity contribution in [2.24, 2.45) is 5.92 Å². The van der Waals surface area contributed by atoms with E-state index in [0.29, 0.717) is 12.0 Å². The van der Waals surface area contributed by atoms with Gasteiger partial charge in [-0.2, -0.15) is 8.75 Å². The molecule has 1 N–H and O–H groups in total. The van der Waals surface area contributed by atoms with Crippen LogP contribution in [0.3, 0.4) is 0 Å². The summed E-state index contributed by atoms with van der Waals surface area (Å²) >= 11 is 1.27. The van der Waals surface area contributed by atoms with Crippen molar-refractivity contribution in [1.29, 1.82) is 0 Å². The van der Waals surface area contributed by atoms with Gasteiger partial charge >= 0.3 is 0 Å². The summed E-state index contributed by atoms with van der Waals surface area (Å²) in [6.45, 7) is 10.1. The fraction of sp³-hybridized carbons (Fsp3) is 0.647. The predicted molar refractivity (Wildman–Crippen MR) is 94.6 cm³/mol. The summed E-state index contributed by atoms with van der Waals surface area (Å²) in [7, 11) is 0. The molecule has 5 nitrogen and oxygen atoms in total. The van der Waals surface area contributed by atoms with E-state index in [9.17, 15) is 5.11 Å². The summed E-state index contributed by atoms with van der Waals surface area (Å²) in [5, 5.41) is 9.38. The Hall–Kier alpha value is -1.08. The van der Waals surface area contributed by atoms with Crippen molar-refractivity contribution in [3.8, 4) is 0 Å². The summed E-state index contributed by atoms with van der Waals surface area (Å²) in [5.74, 6) is 0.669. The van der Waals surface area contributed by atoms with Crippen molar-refractivity contribution in [3.05, 3.63) is 23.8 Å². The maximum atomic E-state index is 9.38. The van der Waals surface area contributed by atoms with Crippen LogP contribution < -0.4 is 0 Å². The van der Waals surface area contributed by atoms with E-state index >= 15 is 0 Å². The van der Waals surface area contributed by atoms with E-state index in [0.717, 1.165) is 50.2 Å². The Labute approximate surface area is 142 Å². The highest BCUT2D eigenvalue weighted by Gasteiger charge is 2.26. The van der Waals surface area contributed by atoms with E-state index < -0.39 is 0 Å². The molecule has 0 bridgehead atoms. The molecule has 1 fully saturated rings. The van der Waals surface area contributed by atoms with Gasteiger partial charge in [-0.3, -0.25) is 9.80 Å². The zero-order valence-corrected chi connectivity index (χ0v) is 14.8. The van der Waals surface area contributed by atoms with Gasteiger partial charge in [-0.05, 0) is 30.0 Å². The Kier molecular flexibility index (Phi) is 5.58. The molecule has 1 aliphatic rings. The number of benzene rings is 1. The summed E-state index contributed by atoms with van der Waals surface area (Å²) in [4.78, 5) is 5.04. The average molecular weight is 334 g/mol. The Morgan fingerprint density at radius 3 is 2.87 bits per heavy atom. The van der Waals surface area contributed by atoms with Gasteiger partial charge in [0.2, 0.25) is 0 Å². The van der Waals surface area contributed by atoms with E-state index in [4.69, 9.17) is 0 Å². The standard InChI is InChI=1S/C17H26N4OS/c1-13(2)10-21-7-6-20(12-15(21)5-8-22)11-14-3-4-16-17(9-14)19-23-18-16/h3-4,9,13,15,22H,5-8,10-12H2,1-2H3/t15-/m0/s1. The van der Waals surface area contributed by atoms with Crippen molar-refractivity contribution in [1.82, 2.24) is 18.5 Å². The number of piperazine rings is 1. The quantitative estimate of drug-likeness (QED) is 0.878. The number of aromatic nitrogens is 2. The third-order valence-corrected chi connectivity index (χ3v) is 5.03. The molecular weight excluding hydrogens is 308 g/mol. The van der Waals surface area contributed by atoms with Crippen LogP contribution in [0.15, 0.2) is 18.2 Å². The zero-order valence-electron chi connectivity index (χ0n) is 14.0. The minimum atomic E-state index is 0.267. The number of rotatable bonds is 6. The Bertz CT molecular complexity index is 630. The topological polar surface area (TPSA) is 52.5 Å². The predicted octanol–water partition coefficient (Wildman–Crippen LogP) is 2.22. The number of hydrogen-bond acceptors (Lipinski definition) is 6. The molecule has 0 saturated carbocycles. The van der Waals surface area contributed by atoms with Gasteiger partial charge < -0.3 is 5.11 Å². The van der Waals surface area contributed by atoms with Crippen LogP contribution >= 0.6 is 11.7 Å². The fourth-order valence-electron chi connectivity index (χ4n) is 3.42. The lowest BCUT2D eigenvalue weighted by atomic mass is 10.1. The van der Waals surface area contributed by atoms with Gasteiger partial charge in [0.25, 0.3) is 0 Å². The Morgan fingerprint density at radius 1 is 1.26 bits per heavy atom. The number of nitrogens with zero attached hydrogens (tertiary/aromatic N) is 4. The van der Waals surface area contributed by atoms with Crippen LogP contribution in [0.5, 0.6) is 0 Å². The Morgan fingerprint density at radius 2 is 2.09 bits per heavy atom. The first kappa shape index (κ1) is 16.8. The molecule has 1 saturated heterocycles. The van der Waals surface area contributed by atoms with Gasteiger partial charge in [-0.1, -0.05) is 19.9 Å². The molecule has 3 rings (SSSR count). The second-order valence-electron chi connectivity index (χ2n) is 6.88. The highest BCUT2D eigenvalue weighted by molar-refractivity contribution is 7.00. The molecule has 1 aromatic heterocycles. The number of hydrogen-bond donors (Lipinski definition) is 1. The molecule has 6 heteroatoms. The smallest absolute Gasteiger partial charge is 0.105 e. The van der Waals surface area contributed by atoms with Gasteiger partial charge in [0, 0.05) is 45.4 Å². The molecule has 0 aliphatic carbocycles. The third-order valence-electron chi connectivity index (χ3n) is 4.48. The summed E-state index contributed by atoms with van der Waals surface area (Å²) < 4.78 is 8.60. The van der Waals surface area contributed by atoms with Crippen molar-refractivity contribution in [3.63, 3.8) is 0 Å². The molecule has 1 aromatic carbocycles. The van der Waals surface area contributed by atoms with Crippen LogP contribution in [0.2, 0.25) is 0 Å². The molecule has 0 unspecified atom stereocenters. The van der Waals surface area contributed by atoms with E-state index in [1.807, 2.05) is 0 Å². The largest absolute Gasteiger partial charge is 0.396 e. The fourth-order valence-corrected chi connectivity index (χ4v) is 3.93. The van der Waals surface area contributed by atoms with E-state index in [1.54, 1.807) is 0 Å². The van der Waals surface area contributed by atoms with Crippen LogP contribution in [0, 0.1) is 5.92 Å². The van der Waals surface area contributed by atoms with Gasteiger partial charge in [-0.15, -0.1) is 0 Å². The third kappa shape index (κ3) is 4.26. The van der Waals surface area contributed by atoms with Gasteiger partial charge in [0.1, 0.15) is 11.0 Å². The first-order valence-corrected chi connectivity index (χ1v) is 9.17. The molecule has 2 heterocycles. The minimum absolute atomic E-state index is 0.267. The first-order chi connectivity index (χ1) is 11.2. The number of aliphatic hydroxyl groups is 1. The highest BCUT2D eigenvalue weighted by atomic mass is 32.1. The van der Waals surface area contributed by atoms with Crippen molar-refractivity contribution in [2.75, 3.05) is 32.8 Å². The molecule has 0 radical (unpaired) electrons. The lowest BCUT2D eigenvalue weighted by molar-refractivity contribution is 0.0477. The summed E-state index contributed by atoms with van der Waals surface area (Å²) in [6, 6.07) is 6.83. The Balaban J connectivity index is 1.64. The van der Waals surface area contributed by atoms with Crippen LogP contribution in [0.1, 0.15) is 25.8 Å². The van der Waals surface area contributed by atoms with Crippen LogP contribution in [0.4, 0.5) is 0 Å². The lowest BCUT2D eigenvalue weighted by Crippen LogP contribution is -2.53. The molecule has 126 valence electrons. The van der Waals surface area contributed by atoms with Crippen molar-refractivity contribution >= 4 is 22.8 Å². The van der Waals surface area contributed by atoms with Crippen LogP contribution in [0.25, 0.3) is 11.0 Å². The average Bonchev–Trinajstić information content (AvgIpc) is 2.97. The zero-order chi connectivity index (χ0) is 16.2. The van der Waals surface area contributed by atoms with Crippen molar-refractivity contribution < 1.29 is 5.11 Å². The molecule has 1 atom stereocenters. The molecule has 23 heavy (non-hydrogen) atoms. The summed E-state index contributed by atoms with van der Waals surface area (Å²) in [5.41, 5.74) is 3.28. The highest BCUT2D eigenvalue weighted by Crippen LogP contribution is 2.19. The molecule has 1 aliphatic heterocycles. The second-order valence-corrected chi connectivity index (χ2v) is 7.41. The van der Waals surface area contributed by atoms with Crippen molar-refractivity contribution in [2.45, 2.75) is 32.9 Å². The molecule has 0 amide bonds. The van der Waals surface area contributed by atoms with E-state index in [2.05, 4.69) is 50.6 Å².